The van der Waals surface area contributed by atoms with Gasteiger partial charge in [-0.15, -0.1) is 6.58 Å². The SMILES string of the molecule is C=CC1CCC[C@]23N(C(=O)OC(C)(C)C)CC[C@]12c1cc(OC)ccc1N3C(=O)OC. The third-order valence-electron chi connectivity index (χ3n) is 7.11. The summed E-state index contributed by atoms with van der Waals surface area (Å²) in [4.78, 5) is 30.1. The molecule has 0 spiro atoms. The van der Waals surface area contributed by atoms with Crippen LogP contribution in [0.5, 0.6) is 5.75 Å². The fraction of sp³-hybridized carbons (Fsp3) is 0.583. The molecule has 3 aliphatic rings. The Kier molecular flexibility index (Phi) is 4.98. The minimum absolute atomic E-state index is 0.0919. The highest BCUT2D eigenvalue weighted by molar-refractivity contribution is 5.96. The van der Waals surface area contributed by atoms with Gasteiger partial charge in [-0.3, -0.25) is 9.80 Å². The first kappa shape index (κ1) is 21.5. The summed E-state index contributed by atoms with van der Waals surface area (Å²) in [5.74, 6) is 0.812. The van der Waals surface area contributed by atoms with Gasteiger partial charge in [0.15, 0.2) is 0 Å². The average Bonchev–Trinajstić information content (AvgIpc) is 3.20. The van der Waals surface area contributed by atoms with Gasteiger partial charge in [0.05, 0.1) is 19.9 Å². The van der Waals surface area contributed by atoms with Gasteiger partial charge < -0.3 is 14.2 Å². The predicted octanol–water partition coefficient (Wildman–Crippen LogP) is 4.84. The number of amides is 2. The van der Waals surface area contributed by atoms with E-state index in [0.29, 0.717) is 19.4 Å². The molecule has 0 bridgehead atoms. The molecule has 1 saturated carbocycles. The summed E-state index contributed by atoms with van der Waals surface area (Å²) in [5, 5.41) is 0. The number of fused-ring (bicyclic) bond motifs is 1. The minimum Gasteiger partial charge on any atom is -0.497 e. The molecular weight excluding hydrogens is 396 g/mol. The number of hydrogen-bond donors (Lipinski definition) is 0. The first-order valence-electron chi connectivity index (χ1n) is 10.9. The van der Waals surface area contributed by atoms with Crippen LogP contribution in [0.4, 0.5) is 15.3 Å². The molecule has 1 unspecified atom stereocenters. The van der Waals surface area contributed by atoms with Crippen molar-refractivity contribution in [2.75, 3.05) is 25.7 Å². The lowest BCUT2D eigenvalue weighted by atomic mass is 9.58. The van der Waals surface area contributed by atoms with Crippen LogP contribution < -0.4 is 9.64 Å². The molecular formula is C24H32N2O5. The molecule has 2 aliphatic heterocycles. The number of ether oxygens (including phenoxy) is 3. The smallest absolute Gasteiger partial charge is 0.415 e. The van der Waals surface area contributed by atoms with Gasteiger partial charge in [-0.2, -0.15) is 0 Å². The van der Waals surface area contributed by atoms with Crippen molar-refractivity contribution in [2.24, 2.45) is 5.92 Å². The fourth-order valence-electron chi connectivity index (χ4n) is 6.16. The highest BCUT2D eigenvalue weighted by Crippen LogP contribution is 2.67. The van der Waals surface area contributed by atoms with Gasteiger partial charge in [0.25, 0.3) is 0 Å². The molecule has 0 N–H and O–H groups in total. The maximum atomic E-state index is 13.4. The molecule has 1 saturated heterocycles. The first-order valence-corrected chi connectivity index (χ1v) is 10.9. The Labute approximate surface area is 183 Å². The molecule has 2 heterocycles. The van der Waals surface area contributed by atoms with Crippen LogP contribution in [-0.4, -0.2) is 49.1 Å². The van der Waals surface area contributed by atoms with Crippen molar-refractivity contribution in [3.63, 3.8) is 0 Å². The van der Waals surface area contributed by atoms with Crippen LogP contribution in [0.2, 0.25) is 0 Å². The molecule has 2 amide bonds. The Bertz CT molecular complexity index is 923. The summed E-state index contributed by atoms with van der Waals surface area (Å²) >= 11 is 0. The van der Waals surface area contributed by atoms with Crippen molar-refractivity contribution in [1.82, 2.24) is 4.90 Å². The molecule has 1 aromatic rings. The molecule has 168 valence electrons. The third-order valence-corrected chi connectivity index (χ3v) is 7.11. The van der Waals surface area contributed by atoms with E-state index >= 15 is 0 Å². The van der Waals surface area contributed by atoms with Gasteiger partial charge in [0.2, 0.25) is 0 Å². The van der Waals surface area contributed by atoms with Gasteiger partial charge in [-0.05, 0) is 76.1 Å². The zero-order valence-corrected chi connectivity index (χ0v) is 19.1. The molecule has 7 nitrogen and oxygen atoms in total. The predicted molar refractivity (Wildman–Crippen MR) is 117 cm³/mol. The lowest BCUT2D eigenvalue weighted by Gasteiger charge is -2.54. The number of nitrogens with zero attached hydrogens (tertiary/aromatic N) is 2. The molecule has 7 heteroatoms. The first-order chi connectivity index (χ1) is 14.7. The van der Waals surface area contributed by atoms with Crippen LogP contribution in [0.1, 0.15) is 52.0 Å². The summed E-state index contributed by atoms with van der Waals surface area (Å²) < 4.78 is 16.6. The van der Waals surface area contributed by atoms with Crippen LogP contribution in [0.15, 0.2) is 30.9 Å². The number of hydrogen-bond acceptors (Lipinski definition) is 5. The maximum Gasteiger partial charge on any atom is 0.415 e. The molecule has 4 rings (SSSR count). The Morgan fingerprint density at radius 2 is 1.94 bits per heavy atom. The van der Waals surface area contributed by atoms with Gasteiger partial charge in [0.1, 0.15) is 17.0 Å². The Balaban J connectivity index is 1.98. The number of anilines is 1. The van der Waals surface area contributed by atoms with Crippen molar-refractivity contribution >= 4 is 17.9 Å². The van der Waals surface area contributed by atoms with Crippen LogP contribution in [0, 0.1) is 5.92 Å². The fourth-order valence-corrected chi connectivity index (χ4v) is 6.16. The summed E-state index contributed by atoms with van der Waals surface area (Å²) in [5.41, 5.74) is -0.283. The second-order valence-electron chi connectivity index (χ2n) is 9.59. The third kappa shape index (κ3) is 2.78. The van der Waals surface area contributed by atoms with E-state index in [1.807, 2.05) is 45.0 Å². The normalized spacial score (nSPS) is 29.0. The van der Waals surface area contributed by atoms with Gasteiger partial charge >= 0.3 is 12.2 Å². The number of benzene rings is 1. The van der Waals surface area contributed by atoms with Crippen molar-refractivity contribution in [3.8, 4) is 5.75 Å². The van der Waals surface area contributed by atoms with Gasteiger partial charge in [0, 0.05) is 12.0 Å². The highest BCUT2D eigenvalue weighted by atomic mass is 16.6. The molecule has 31 heavy (non-hydrogen) atoms. The van der Waals surface area contributed by atoms with E-state index in [2.05, 4.69) is 6.58 Å². The van der Waals surface area contributed by atoms with Crippen molar-refractivity contribution in [1.29, 1.82) is 0 Å². The topological polar surface area (TPSA) is 68.3 Å². The van der Waals surface area contributed by atoms with E-state index in [0.717, 1.165) is 29.8 Å². The summed E-state index contributed by atoms with van der Waals surface area (Å²) in [7, 11) is 3.01. The zero-order valence-electron chi connectivity index (χ0n) is 19.1. The molecule has 0 aromatic heterocycles. The quantitative estimate of drug-likeness (QED) is 0.631. The summed E-state index contributed by atoms with van der Waals surface area (Å²) in [6.07, 6.45) is 4.24. The number of carbonyl (C=O) groups is 2. The molecule has 2 fully saturated rings. The van der Waals surface area contributed by atoms with Crippen LogP contribution in [0.25, 0.3) is 0 Å². The number of likely N-dealkylation sites (tertiary alicyclic amines) is 1. The molecule has 1 aromatic carbocycles. The van der Waals surface area contributed by atoms with Crippen molar-refractivity contribution in [2.45, 2.75) is 63.1 Å². The second-order valence-corrected chi connectivity index (χ2v) is 9.59. The Morgan fingerprint density at radius 1 is 1.19 bits per heavy atom. The number of methoxy groups -OCH3 is 2. The molecule has 1 aliphatic carbocycles. The maximum absolute atomic E-state index is 13.4. The largest absolute Gasteiger partial charge is 0.497 e. The number of allylic oxidation sites excluding steroid dienone is 1. The molecule has 0 radical (unpaired) electrons. The van der Waals surface area contributed by atoms with E-state index in [1.54, 1.807) is 16.9 Å². The van der Waals surface area contributed by atoms with E-state index in [9.17, 15) is 9.59 Å². The van der Waals surface area contributed by atoms with E-state index in [4.69, 9.17) is 14.2 Å². The number of carbonyl (C=O) groups excluding carboxylic acids is 2. The monoisotopic (exact) mass is 428 g/mol. The average molecular weight is 429 g/mol. The van der Waals surface area contributed by atoms with E-state index < -0.39 is 28.9 Å². The van der Waals surface area contributed by atoms with Crippen LogP contribution in [-0.2, 0) is 14.9 Å². The lowest BCUT2D eigenvalue weighted by molar-refractivity contribution is -0.0154. The summed E-state index contributed by atoms with van der Waals surface area (Å²) in [6, 6.07) is 5.74. The van der Waals surface area contributed by atoms with Gasteiger partial charge in [-0.25, -0.2) is 9.59 Å². The standard InChI is InChI=1S/C24H32N2O5/c1-7-16-9-8-12-24-23(16,13-14-25(24)20(27)31-22(2,3)4)18-15-17(29-5)10-11-19(18)26(24)21(28)30-6/h7,10-11,15-16H,1,8-9,12-14H2,2-6H3/t16?,23-,24-/m1/s1. The van der Waals surface area contributed by atoms with Crippen molar-refractivity contribution in [3.05, 3.63) is 36.4 Å². The molecule has 3 atom stereocenters. The number of rotatable bonds is 2. The van der Waals surface area contributed by atoms with E-state index in [-0.39, 0.29) is 5.92 Å². The van der Waals surface area contributed by atoms with E-state index in [1.165, 1.54) is 7.11 Å². The second kappa shape index (κ2) is 7.18. The van der Waals surface area contributed by atoms with Crippen LogP contribution in [0.3, 0.4) is 0 Å². The Morgan fingerprint density at radius 3 is 2.55 bits per heavy atom. The lowest BCUT2D eigenvalue weighted by Crippen LogP contribution is -2.69. The summed E-state index contributed by atoms with van der Waals surface area (Å²) in [6.45, 7) is 10.2. The van der Waals surface area contributed by atoms with Crippen molar-refractivity contribution < 1.29 is 23.8 Å². The minimum atomic E-state index is -0.909. The zero-order chi connectivity index (χ0) is 22.6. The van der Waals surface area contributed by atoms with Crippen LogP contribution >= 0.6 is 0 Å². The highest BCUT2D eigenvalue weighted by Gasteiger charge is 2.74. The Hall–Kier alpha value is -2.70. The van der Waals surface area contributed by atoms with Gasteiger partial charge in [-0.1, -0.05) is 6.08 Å².